The number of nitrogen functional groups attached to an aromatic ring is 1. The van der Waals surface area contributed by atoms with Gasteiger partial charge in [0.2, 0.25) is 5.95 Å². The number of methoxy groups -OCH3 is 1. The van der Waals surface area contributed by atoms with Crippen molar-refractivity contribution >= 4 is 11.8 Å². The highest BCUT2D eigenvalue weighted by Crippen LogP contribution is 2.29. The molecule has 9 heteroatoms. The highest BCUT2D eigenvalue weighted by molar-refractivity contribution is 5.42. The number of halogens is 3. The van der Waals surface area contributed by atoms with Gasteiger partial charge in [-0.1, -0.05) is 0 Å². The predicted molar refractivity (Wildman–Crippen MR) is 59.8 cm³/mol. The highest BCUT2D eigenvalue weighted by atomic mass is 19.4. The molecule has 0 amide bonds. The van der Waals surface area contributed by atoms with E-state index in [1.54, 1.807) is 7.11 Å². The molecule has 0 bridgehead atoms. The summed E-state index contributed by atoms with van der Waals surface area (Å²) in [7, 11) is 1.54. The zero-order chi connectivity index (χ0) is 13.6. The molecule has 0 radical (unpaired) electrons. The molecular formula is C9H14F3N5O. The van der Waals surface area contributed by atoms with Crippen molar-refractivity contribution in [3.63, 3.8) is 0 Å². The van der Waals surface area contributed by atoms with E-state index >= 15 is 0 Å². The van der Waals surface area contributed by atoms with E-state index in [-0.39, 0.29) is 11.8 Å². The smallest absolute Gasteiger partial charge is 0.385 e. The van der Waals surface area contributed by atoms with Crippen molar-refractivity contribution in [1.82, 2.24) is 9.97 Å². The van der Waals surface area contributed by atoms with Crippen LogP contribution in [0.4, 0.5) is 24.9 Å². The molecule has 102 valence electrons. The van der Waals surface area contributed by atoms with Crippen molar-refractivity contribution < 1.29 is 17.9 Å². The molecule has 0 saturated carbocycles. The van der Waals surface area contributed by atoms with E-state index in [1.165, 1.54) is 0 Å². The van der Waals surface area contributed by atoms with E-state index in [0.29, 0.717) is 19.6 Å². The third-order valence-electron chi connectivity index (χ3n) is 1.98. The summed E-state index contributed by atoms with van der Waals surface area (Å²) in [6, 6.07) is 0.827. The number of aromatic nitrogens is 2. The molecule has 0 unspecified atom stereocenters. The number of hydrogen-bond acceptors (Lipinski definition) is 6. The summed E-state index contributed by atoms with van der Waals surface area (Å²) in [5.74, 6) is 4.78. The maximum Gasteiger partial charge on any atom is 0.433 e. The van der Waals surface area contributed by atoms with Crippen molar-refractivity contribution in [3.8, 4) is 0 Å². The van der Waals surface area contributed by atoms with E-state index in [9.17, 15) is 13.2 Å². The quantitative estimate of drug-likeness (QED) is 0.407. The summed E-state index contributed by atoms with van der Waals surface area (Å²) in [5, 5.41) is 2.74. The Morgan fingerprint density at radius 2 is 2.11 bits per heavy atom. The fourth-order valence-corrected chi connectivity index (χ4v) is 1.18. The van der Waals surface area contributed by atoms with Crippen LogP contribution in [-0.4, -0.2) is 30.2 Å². The van der Waals surface area contributed by atoms with Crippen LogP contribution in [-0.2, 0) is 10.9 Å². The number of alkyl halides is 3. The first-order valence-electron chi connectivity index (χ1n) is 5.13. The molecular weight excluding hydrogens is 251 g/mol. The first-order valence-corrected chi connectivity index (χ1v) is 5.13. The van der Waals surface area contributed by atoms with Crippen LogP contribution in [0.2, 0.25) is 0 Å². The molecule has 1 aromatic rings. The van der Waals surface area contributed by atoms with Gasteiger partial charge < -0.3 is 10.1 Å². The molecule has 1 rings (SSSR count). The summed E-state index contributed by atoms with van der Waals surface area (Å²) in [5.41, 5.74) is 0.939. The Balaban J connectivity index is 2.78. The normalized spacial score (nSPS) is 11.4. The number of anilines is 2. The zero-order valence-electron chi connectivity index (χ0n) is 9.71. The summed E-state index contributed by atoms with van der Waals surface area (Å²) < 4.78 is 42.4. The lowest BCUT2D eigenvalue weighted by Crippen LogP contribution is -2.17. The number of rotatable bonds is 6. The van der Waals surface area contributed by atoms with Crippen LogP contribution >= 0.6 is 0 Å². The molecule has 0 fully saturated rings. The number of ether oxygens (including phenoxy) is 1. The lowest BCUT2D eigenvalue weighted by molar-refractivity contribution is -0.141. The van der Waals surface area contributed by atoms with Gasteiger partial charge in [0.1, 0.15) is 5.82 Å². The van der Waals surface area contributed by atoms with Crippen molar-refractivity contribution in [2.24, 2.45) is 5.84 Å². The van der Waals surface area contributed by atoms with Gasteiger partial charge in [0.25, 0.3) is 0 Å². The van der Waals surface area contributed by atoms with Crippen molar-refractivity contribution in [2.75, 3.05) is 31.0 Å². The van der Waals surface area contributed by atoms with E-state index in [0.717, 1.165) is 6.07 Å². The van der Waals surface area contributed by atoms with E-state index in [1.807, 2.05) is 5.43 Å². The third-order valence-corrected chi connectivity index (χ3v) is 1.98. The molecule has 0 aromatic carbocycles. The molecule has 0 spiro atoms. The van der Waals surface area contributed by atoms with Gasteiger partial charge in [-0.25, -0.2) is 10.8 Å². The molecule has 18 heavy (non-hydrogen) atoms. The van der Waals surface area contributed by atoms with Gasteiger partial charge in [-0.3, -0.25) is 5.43 Å². The summed E-state index contributed by atoms with van der Waals surface area (Å²) in [4.78, 5) is 6.99. The third kappa shape index (κ3) is 4.34. The molecule has 4 N–H and O–H groups in total. The summed E-state index contributed by atoms with van der Waals surface area (Å²) >= 11 is 0. The number of hydrazine groups is 1. The van der Waals surface area contributed by atoms with Crippen LogP contribution in [0.15, 0.2) is 6.07 Å². The first kappa shape index (κ1) is 14.5. The second-order valence-corrected chi connectivity index (χ2v) is 3.38. The monoisotopic (exact) mass is 265 g/mol. The molecule has 0 atom stereocenters. The minimum atomic E-state index is -4.54. The number of nitrogens with one attached hydrogen (secondary N) is 2. The van der Waals surface area contributed by atoms with Gasteiger partial charge in [0.15, 0.2) is 5.69 Å². The Hall–Kier alpha value is -1.61. The average Bonchev–Trinajstić information content (AvgIpc) is 2.33. The van der Waals surface area contributed by atoms with Gasteiger partial charge in [-0.15, -0.1) is 0 Å². The number of hydrogen-bond donors (Lipinski definition) is 3. The van der Waals surface area contributed by atoms with Gasteiger partial charge in [0.05, 0.1) is 0 Å². The van der Waals surface area contributed by atoms with E-state index < -0.39 is 11.9 Å². The Kier molecular flexibility index (Phi) is 5.10. The van der Waals surface area contributed by atoms with Gasteiger partial charge in [0, 0.05) is 26.3 Å². The fraction of sp³-hybridized carbons (Fsp3) is 0.556. The van der Waals surface area contributed by atoms with Crippen molar-refractivity contribution in [3.05, 3.63) is 11.8 Å². The molecule has 0 saturated heterocycles. The van der Waals surface area contributed by atoms with Crippen LogP contribution in [0.5, 0.6) is 0 Å². The Bertz CT molecular complexity index is 385. The lowest BCUT2D eigenvalue weighted by Gasteiger charge is -2.11. The molecule has 0 aliphatic heterocycles. The number of nitrogens with two attached hydrogens (primary N) is 1. The van der Waals surface area contributed by atoms with Crippen molar-refractivity contribution in [1.29, 1.82) is 0 Å². The fourth-order valence-electron chi connectivity index (χ4n) is 1.18. The number of nitrogens with zero attached hydrogens (tertiary/aromatic N) is 2. The topological polar surface area (TPSA) is 85.1 Å². The summed E-state index contributed by atoms with van der Waals surface area (Å²) in [6.45, 7) is 0.943. The molecule has 0 aliphatic rings. The van der Waals surface area contributed by atoms with Crippen LogP contribution in [0.3, 0.4) is 0 Å². The lowest BCUT2D eigenvalue weighted by atomic mass is 10.3. The first-order chi connectivity index (χ1) is 8.47. The van der Waals surface area contributed by atoms with Crippen LogP contribution in [0.1, 0.15) is 12.1 Å². The average molecular weight is 265 g/mol. The molecule has 1 aromatic heterocycles. The highest BCUT2D eigenvalue weighted by Gasteiger charge is 2.33. The Morgan fingerprint density at radius 3 is 2.67 bits per heavy atom. The summed E-state index contributed by atoms with van der Waals surface area (Å²) in [6.07, 6.45) is -3.90. The van der Waals surface area contributed by atoms with E-state index in [4.69, 9.17) is 10.6 Å². The Morgan fingerprint density at radius 1 is 1.39 bits per heavy atom. The standard InChI is InChI=1S/C9H14F3N5O/c1-18-4-2-3-14-7-5-6(9(10,11)12)15-8(16-7)17-13/h5H,2-4,13H2,1H3,(H2,14,15,16,17). The molecule has 6 nitrogen and oxygen atoms in total. The minimum absolute atomic E-state index is 0.0568. The van der Waals surface area contributed by atoms with E-state index in [2.05, 4.69) is 15.3 Å². The van der Waals surface area contributed by atoms with Crippen LogP contribution in [0.25, 0.3) is 0 Å². The van der Waals surface area contributed by atoms with Gasteiger partial charge in [-0.2, -0.15) is 18.2 Å². The maximum atomic E-state index is 12.5. The van der Waals surface area contributed by atoms with Crippen molar-refractivity contribution in [2.45, 2.75) is 12.6 Å². The molecule has 1 heterocycles. The second kappa shape index (κ2) is 6.36. The minimum Gasteiger partial charge on any atom is -0.385 e. The van der Waals surface area contributed by atoms with Gasteiger partial charge in [-0.05, 0) is 6.42 Å². The second-order valence-electron chi connectivity index (χ2n) is 3.38. The Labute approximate surface area is 102 Å². The SMILES string of the molecule is COCCCNc1cc(C(F)(F)F)nc(NN)n1. The van der Waals surface area contributed by atoms with Gasteiger partial charge >= 0.3 is 6.18 Å². The predicted octanol–water partition coefficient (Wildman–Crippen LogP) is 1.23. The molecule has 0 aliphatic carbocycles. The van der Waals surface area contributed by atoms with Crippen LogP contribution < -0.4 is 16.6 Å². The zero-order valence-corrected chi connectivity index (χ0v) is 9.71. The largest absolute Gasteiger partial charge is 0.433 e. The van der Waals surface area contributed by atoms with Crippen LogP contribution in [0, 0.1) is 0 Å². The maximum absolute atomic E-state index is 12.5.